The van der Waals surface area contributed by atoms with Crippen molar-refractivity contribution in [1.29, 1.82) is 5.26 Å². The molecule has 6 nitrogen and oxygen atoms in total. The number of amides is 1. The molecule has 0 saturated heterocycles. The maximum Gasteiger partial charge on any atom is 0.271 e. The van der Waals surface area contributed by atoms with E-state index >= 15 is 0 Å². The number of imidazole rings is 1. The summed E-state index contributed by atoms with van der Waals surface area (Å²) in [6, 6.07) is 1.82. The molecule has 0 spiro atoms. The molecule has 86 valence electrons. The lowest BCUT2D eigenvalue weighted by Gasteiger charge is -2.07. The van der Waals surface area contributed by atoms with Crippen LogP contribution >= 0.6 is 0 Å². The molecule has 0 aliphatic carbocycles. The highest BCUT2D eigenvalue weighted by molar-refractivity contribution is 5.92. The quantitative estimate of drug-likeness (QED) is 0.724. The summed E-state index contributed by atoms with van der Waals surface area (Å²) >= 11 is 0. The van der Waals surface area contributed by atoms with E-state index in [2.05, 4.69) is 10.3 Å². The molecule has 1 aromatic heterocycles. The summed E-state index contributed by atoms with van der Waals surface area (Å²) < 4.78 is 1.75. The van der Waals surface area contributed by atoms with Crippen LogP contribution in [0.1, 0.15) is 23.8 Å². The van der Waals surface area contributed by atoms with Gasteiger partial charge < -0.3 is 15.6 Å². The van der Waals surface area contributed by atoms with Gasteiger partial charge in [-0.1, -0.05) is 0 Å². The van der Waals surface area contributed by atoms with Crippen LogP contribution in [0.2, 0.25) is 0 Å². The van der Waals surface area contributed by atoms with E-state index in [-0.39, 0.29) is 18.4 Å². The Kier molecular flexibility index (Phi) is 4.48. The molecule has 1 rings (SSSR count). The van der Waals surface area contributed by atoms with Crippen molar-refractivity contribution < 1.29 is 4.79 Å². The summed E-state index contributed by atoms with van der Waals surface area (Å²) in [5, 5.41) is 11.1. The van der Waals surface area contributed by atoms with Gasteiger partial charge >= 0.3 is 0 Å². The second kappa shape index (κ2) is 5.88. The molecule has 16 heavy (non-hydrogen) atoms. The van der Waals surface area contributed by atoms with Crippen LogP contribution in [0.25, 0.3) is 0 Å². The zero-order valence-corrected chi connectivity index (χ0v) is 9.18. The van der Waals surface area contributed by atoms with Crippen LogP contribution in [-0.2, 0) is 6.54 Å². The van der Waals surface area contributed by atoms with Crippen LogP contribution in [0, 0.1) is 11.3 Å². The van der Waals surface area contributed by atoms with Crippen LogP contribution in [0.4, 0.5) is 0 Å². The van der Waals surface area contributed by atoms with Gasteiger partial charge in [0, 0.05) is 25.3 Å². The summed E-state index contributed by atoms with van der Waals surface area (Å²) in [7, 11) is 0. The molecule has 0 aromatic carbocycles. The summed E-state index contributed by atoms with van der Waals surface area (Å²) in [4.78, 5) is 15.6. The van der Waals surface area contributed by atoms with Crippen molar-refractivity contribution in [3.05, 3.63) is 18.2 Å². The number of rotatable bonds is 5. The first kappa shape index (κ1) is 12.2. The Hall–Kier alpha value is -1.87. The minimum Gasteiger partial charge on any atom is -0.347 e. The molecule has 0 bridgehead atoms. The third-order valence-corrected chi connectivity index (χ3v) is 2.03. The van der Waals surface area contributed by atoms with Gasteiger partial charge in [-0.2, -0.15) is 5.26 Å². The van der Waals surface area contributed by atoms with E-state index in [0.29, 0.717) is 18.8 Å². The van der Waals surface area contributed by atoms with E-state index in [1.165, 1.54) is 0 Å². The third kappa shape index (κ3) is 3.37. The molecular formula is C10H15N5O. The first-order chi connectivity index (χ1) is 7.67. The van der Waals surface area contributed by atoms with Crippen molar-refractivity contribution in [2.24, 2.45) is 5.73 Å². The monoisotopic (exact) mass is 221 g/mol. The van der Waals surface area contributed by atoms with Crippen LogP contribution in [0.3, 0.4) is 0 Å². The highest BCUT2D eigenvalue weighted by Crippen LogP contribution is 1.98. The van der Waals surface area contributed by atoms with Crippen LogP contribution in [-0.4, -0.2) is 28.0 Å². The predicted octanol–water partition coefficient (Wildman–Crippen LogP) is -0.126. The van der Waals surface area contributed by atoms with E-state index in [4.69, 9.17) is 11.0 Å². The summed E-state index contributed by atoms with van der Waals surface area (Å²) in [6.45, 7) is 2.91. The number of carbonyl (C=O) groups excluding carboxylic acids is 1. The van der Waals surface area contributed by atoms with E-state index in [9.17, 15) is 4.79 Å². The van der Waals surface area contributed by atoms with Gasteiger partial charge in [0.2, 0.25) is 0 Å². The van der Waals surface area contributed by atoms with Crippen molar-refractivity contribution in [3.8, 4) is 6.07 Å². The minimum atomic E-state index is -0.265. The Bertz CT molecular complexity index is 392. The van der Waals surface area contributed by atoms with Crippen molar-refractivity contribution in [3.63, 3.8) is 0 Å². The van der Waals surface area contributed by atoms with Gasteiger partial charge in [-0.15, -0.1) is 0 Å². The van der Waals surface area contributed by atoms with Gasteiger partial charge in [0.1, 0.15) is 5.69 Å². The molecule has 3 N–H and O–H groups in total. The zero-order valence-electron chi connectivity index (χ0n) is 9.18. The molecule has 0 aliphatic heterocycles. The number of aromatic nitrogens is 2. The lowest BCUT2D eigenvalue weighted by Crippen LogP contribution is -2.32. The topological polar surface area (TPSA) is 96.7 Å². The number of nitrogens with zero attached hydrogens (tertiary/aromatic N) is 3. The van der Waals surface area contributed by atoms with Crippen LogP contribution < -0.4 is 11.1 Å². The average molecular weight is 221 g/mol. The fraction of sp³-hybridized carbons (Fsp3) is 0.500. The summed E-state index contributed by atoms with van der Waals surface area (Å²) in [5.74, 6) is -0.265. The number of carbonyl (C=O) groups is 1. The highest BCUT2D eigenvalue weighted by Gasteiger charge is 2.11. The van der Waals surface area contributed by atoms with Gasteiger partial charge in [-0.3, -0.25) is 4.79 Å². The maximum atomic E-state index is 11.6. The Morgan fingerprint density at radius 1 is 1.81 bits per heavy atom. The average Bonchev–Trinajstić information content (AvgIpc) is 2.67. The fourth-order valence-electron chi connectivity index (χ4n) is 1.23. The van der Waals surface area contributed by atoms with Crippen LogP contribution in [0.15, 0.2) is 12.5 Å². The Labute approximate surface area is 94.1 Å². The number of nitrogens with one attached hydrogen (secondary N) is 1. The first-order valence-electron chi connectivity index (χ1n) is 5.07. The number of hydrogen-bond acceptors (Lipinski definition) is 4. The summed E-state index contributed by atoms with van der Waals surface area (Å²) in [6.07, 6.45) is 3.49. The molecule has 0 saturated carbocycles. The predicted molar refractivity (Wildman–Crippen MR) is 58.4 cm³/mol. The lowest BCUT2D eigenvalue weighted by atomic mass is 10.2. The minimum absolute atomic E-state index is 0.169. The molecule has 0 aliphatic rings. The Balaban J connectivity index is 2.56. The van der Waals surface area contributed by atoms with E-state index in [1.54, 1.807) is 24.0 Å². The second-order valence-corrected chi connectivity index (χ2v) is 3.52. The van der Waals surface area contributed by atoms with Gasteiger partial charge in [0.15, 0.2) is 0 Å². The van der Waals surface area contributed by atoms with Crippen molar-refractivity contribution in [2.45, 2.75) is 25.9 Å². The van der Waals surface area contributed by atoms with Crippen molar-refractivity contribution >= 4 is 5.91 Å². The standard InChI is InChI=1S/C10H15N5O/c1-8(2-3-11)14-10(16)9-6-15(5-4-12)7-13-9/h6-8H,2,4-5,12H2,1H3,(H,14,16). The second-order valence-electron chi connectivity index (χ2n) is 3.52. The molecule has 1 unspecified atom stereocenters. The number of nitrogens with two attached hydrogens (primary N) is 1. The maximum absolute atomic E-state index is 11.6. The molecule has 1 heterocycles. The molecule has 1 aromatic rings. The smallest absolute Gasteiger partial charge is 0.271 e. The molecule has 0 fully saturated rings. The van der Waals surface area contributed by atoms with E-state index in [0.717, 1.165) is 0 Å². The normalized spacial score (nSPS) is 11.8. The molecule has 6 heteroatoms. The Morgan fingerprint density at radius 3 is 3.19 bits per heavy atom. The zero-order chi connectivity index (χ0) is 12.0. The summed E-state index contributed by atoms with van der Waals surface area (Å²) in [5.41, 5.74) is 5.73. The Morgan fingerprint density at radius 2 is 2.56 bits per heavy atom. The van der Waals surface area contributed by atoms with E-state index < -0.39 is 0 Å². The SMILES string of the molecule is CC(CC#N)NC(=O)c1cn(CCN)cn1. The molecule has 1 atom stereocenters. The first-order valence-corrected chi connectivity index (χ1v) is 5.07. The lowest BCUT2D eigenvalue weighted by molar-refractivity contribution is 0.0936. The molecule has 1 amide bonds. The fourth-order valence-corrected chi connectivity index (χ4v) is 1.23. The molecular weight excluding hydrogens is 206 g/mol. The van der Waals surface area contributed by atoms with Gasteiger partial charge in [-0.25, -0.2) is 4.98 Å². The van der Waals surface area contributed by atoms with Crippen molar-refractivity contribution in [2.75, 3.05) is 6.54 Å². The number of hydrogen-bond donors (Lipinski definition) is 2. The number of nitriles is 1. The van der Waals surface area contributed by atoms with Crippen LogP contribution in [0.5, 0.6) is 0 Å². The van der Waals surface area contributed by atoms with Gasteiger partial charge in [-0.05, 0) is 6.92 Å². The van der Waals surface area contributed by atoms with E-state index in [1.807, 2.05) is 6.07 Å². The highest BCUT2D eigenvalue weighted by atomic mass is 16.1. The largest absolute Gasteiger partial charge is 0.347 e. The van der Waals surface area contributed by atoms with Gasteiger partial charge in [0.25, 0.3) is 5.91 Å². The third-order valence-electron chi connectivity index (χ3n) is 2.03. The van der Waals surface area contributed by atoms with Gasteiger partial charge in [0.05, 0.1) is 18.8 Å². The molecule has 0 radical (unpaired) electrons. The van der Waals surface area contributed by atoms with Crippen molar-refractivity contribution in [1.82, 2.24) is 14.9 Å².